The fourth-order valence-corrected chi connectivity index (χ4v) is 6.43. The molecule has 1 aliphatic rings. The molecule has 0 spiro atoms. The molecule has 0 aromatic heterocycles. The number of hydrogen-bond donors (Lipinski definition) is 0. The van der Waals surface area contributed by atoms with Crippen LogP contribution in [0.25, 0.3) is 10.8 Å². The summed E-state index contributed by atoms with van der Waals surface area (Å²) < 4.78 is 28.1. The van der Waals surface area contributed by atoms with E-state index < -0.39 is 10.0 Å². The van der Waals surface area contributed by atoms with E-state index in [1.165, 1.54) is 5.56 Å². The Balaban J connectivity index is 1.73. The Bertz CT molecular complexity index is 1010. The Morgan fingerprint density at radius 3 is 2.44 bits per heavy atom. The van der Waals surface area contributed by atoms with Gasteiger partial charge in [0.25, 0.3) is 0 Å². The molecule has 0 radical (unpaired) electrons. The van der Waals surface area contributed by atoms with Gasteiger partial charge in [-0.05, 0) is 35.4 Å². The lowest BCUT2D eigenvalue weighted by Crippen LogP contribution is -2.30. The Labute approximate surface area is 152 Å². The number of hydrogen-bond acceptors (Lipinski definition) is 3. The summed E-state index contributed by atoms with van der Waals surface area (Å²) in [5, 5.41) is 1.84. The second-order valence-electron chi connectivity index (χ2n) is 6.26. The van der Waals surface area contributed by atoms with Crippen molar-refractivity contribution < 1.29 is 8.42 Å². The summed E-state index contributed by atoms with van der Waals surface area (Å²) in [6, 6.07) is 21.3. The summed E-state index contributed by atoms with van der Waals surface area (Å²) in [5.74, 6) is 0.811. The maximum atomic E-state index is 13.2. The van der Waals surface area contributed by atoms with E-state index in [-0.39, 0.29) is 5.37 Å². The number of sulfonamides is 1. The van der Waals surface area contributed by atoms with Crippen molar-refractivity contribution in [2.24, 2.45) is 0 Å². The molecule has 0 aliphatic carbocycles. The fraction of sp³-hybridized carbons (Fsp3) is 0.200. The minimum absolute atomic E-state index is 0.155. The molecule has 4 rings (SSSR count). The van der Waals surface area contributed by atoms with Gasteiger partial charge in [-0.15, -0.1) is 11.8 Å². The average Bonchev–Trinajstić information content (AvgIpc) is 3.12. The van der Waals surface area contributed by atoms with Gasteiger partial charge in [0.15, 0.2) is 0 Å². The van der Waals surface area contributed by atoms with Crippen LogP contribution in [0.2, 0.25) is 0 Å². The molecule has 0 saturated carbocycles. The molecule has 0 N–H and O–H groups in total. The minimum atomic E-state index is -3.53. The van der Waals surface area contributed by atoms with Gasteiger partial charge >= 0.3 is 0 Å². The van der Waals surface area contributed by atoms with E-state index in [4.69, 9.17) is 0 Å². The van der Waals surface area contributed by atoms with Crippen molar-refractivity contribution in [2.45, 2.75) is 17.2 Å². The highest BCUT2D eigenvalue weighted by Crippen LogP contribution is 2.41. The largest absolute Gasteiger partial charge is 0.244 e. The van der Waals surface area contributed by atoms with Crippen molar-refractivity contribution in [2.75, 3.05) is 12.3 Å². The SMILES string of the molecule is Cc1ccc(C2SCCN2S(=O)(=O)c2ccc3ccccc3c2)cc1. The lowest BCUT2D eigenvalue weighted by Gasteiger charge is -2.24. The maximum absolute atomic E-state index is 13.2. The average molecular weight is 370 g/mol. The number of thioether (sulfide) groups is 1. The van der Waals surface area contributed by atoms with Crippen LogP contribution in [0, 0.1) is 6.92 Å². The van der Waals surface area contributed by atoms with E-state index in [1.54, 1.807) is 28.2 Å². The van der Waals surface area contributed by atoms with Gasteiger partial charge in [-0.25, -0.2) is 8.42 Å². The van der Waals surface area contributed by atoms with E-state index in [9.17, 15) is 8.42 Å². The highest BCUT2D eigenvalue weighted by molar-refractivity contribution is 8.01. The lowest BCUT2D eigenvalue weighted by molar-refractivity contribution is 0.434. The fourth-order valence-electron chi connectivity index (χ4n) is 3.16. The van der Waals surface area contributed by atoms with Gasteiger partial charge < -0.3 is 0 Å². The third-order valence-corrected chi connectivity index (χ3v) is 7.79. The van der Waals surface area contributed by atoms with Crippen molar-refractivity contribution in [3.63, 3.8) is 0 Å². The van der Waals surface area contributed by atoms with E-state index in [0.29, 0.717) is 11.4 Å². The van der Waals surface area contributed by atoms with Crippen LogP contribution >= 0.6 is 11.8 Å². The number of rotatable bonds is 3. The molecule has 1 saturated heterocycles. The number of benzene rings is 3. The first-order valence-electron chi connectivity index (χ1n) is 8.24. The van der Waals surface area contributed by atoms with Crippen molar-refractivity contribution in [3.05, 3.63) is 77.9 Å². The summed E-state index contributed by atoms with van der Waals surface area (Å²) in [5.41, 5.74) is 2.22. The first-order chi connectivity index (χ1) is 12.1. The van der Waals surface area contributed by atoms with Gasteiger partial charge in [-0.3, -0.25) is 0 Å². The Morgan fingerprint density at radius 1 is 0.960 bits per heavy atom. The highest BCUT2D eigenvalue weighted by Gasteiger charge is 2.36. The number of fused-ring (bicyclic) bond motifs is 1. The predicted molar refractivity (Wildman–Crippen MR) is 104 cm³/mol. The third-order valence-electron chi connectivity index (χ3n) is 4.54. The monoisotopic (exact) mass is 369 g/mol. The highest BCUT2D eigenvalue weighted by atomic mass is 32.2. The third kappa shape index (κ3) is 3.08. The van der Waals surface area contributed by atoms with Crippen molar-refractivity contribution in [3.8, 4) is 0 Å². The zero-order valence-electron chi connectivity index (χ0n) is 13.9. The zero-order chi connectivity index (χ0) is 17.4. The van der Waals surface area contributed by atoms with Gasteiger partial charge in [0.1, 0.15) is 0 Å². The van der Waals surface area contributed by atoms with Crippen LogP contribution < -0.4 is 0 Å². The topological polar surface area (TPSA) is 37.4 Å². The molecule has 0 amide bonds. The number of nitrogens with zero attached hydrogens (tertiary/aromatic N) is 1. The molecule has 1 unspecified atom stereocenters. The molecule has 3 aromatic rings. The van der Waals surface area contributed by atoms with Crippen LogP contribution in [0.1, 0.15) is 16.5 Å². The summed E-state index contributed by atoms with van der Waals surface area (Å²) in [6.07, 6.45) is 0. The lowest BCUT2D eigenvalue weighted by atomic mass is 10.1. The van der Waals surface area contributed by atoms with Crippen molar-refractivity contribution in [1.29, 1.82) is 0 Å². The molecule has 1 fully saturated rings. The second kappa shape index (κ2) is 6.48. The first-order valence-corrected chi connectivity index (χ1v) is 10.7. The minimum Gasteiger partial charge on any atom is -0.207 e. The van der Waals surface area contributed by atoms with Crippen LogP contribution in [-0.2, 0) is 10.0 Å². The van der Waals surface area contributed by atoms with Crippen LogP contribution in [0.4, 0.5) is 0 Å². The Morgan fingerprint density at radius 2 is 1.68 bits per heavy atom. The quantitative estimate of drug-likeness (QED) is 0.678. The van der Waals surface area contributed by atoms with Crippen LogP contribution in [0.15, 0.2) is 71.6 Å². The second-order valence-corrected chi connectivity index (χ2v) is 9.34. The molecule has 3 nitrogen and oxygen atoms in total. The molecule has 0 bridgehead atoms. The summed E-state index contributed by atoms with van der Waals surface area (Å²) in [7, 11) is -3.53. The molecule has 5 heteroatoms. The molecule has 25 heavy (non-hydrogen) atoms. The molecular weight excluding hydrogens is 350 g/mol. The molecule has 1 heterocycles. The van der Waals surface area contributed by atoms with E-state index in [2.05, 4.69) is 0 Å². The first kappa shape index (κ1) is 16.6. The zero-order valence-corrected chi connectivity index (χ0v) is 15.6. The molecule has 128 valence electrons. The van der Waals surface area contributed by atoms with Gasteiger partial charge in [0.2, 0.25) is 10.0 Å². The standard InChI is InChI=1S/C20H19NO2S2/c1-15-6-8-17(9-7-15)20-21(12-13-24-20)25(22,23)19-11-10-16-4-2-3-5-18(16)14-19/h2-11,14,20H,12-13H2,1H3. The predicted octanol–water partition coefficient (Wildman–Crippen LogP) is 4.58. The van der Waals surface area contributed by atoms with Gasteiger partial charge in [-0.2, -0.15) is 4.31 Å². The van der Waals surface area contributed by atoms with E-state index >= 15 is 0 Å². The van der Waals surface area contributed by atoms with Gasteiger partial charge in [-0.1, -0.05) is 60.2 Å². The Kier molecular flexibility index (Phi) is 4.31. The van der Waals surface area contributed by atoms with Crippen molar-refractivity contribution in [1.82, 2.24) is 4.31 Å². The van der Waals surface area contributed by atoms with Crippen LogP contribution in [0.3, 0.4) is 0 Å². The molecular formula is C20H19NO2S2. The van der Waals surface area contributed by atoms with Crippen LogP contribution in [-0.4, -0.2) is 25.0 Å². The van der Waals surface area contributed by atoms with E-state index in [1.807, 2.05) is 61.5 Å². The van der Waals surface area contributed by atoms with Crippen molar-refractivity contribution >= 4 is 32.6 Å². The van der Waals surface area contributed by atoms with E-state index in [0.717, 1.165) is 22.1 Å². The molecule has 1 aliphatic heterocycles. The molecule has 3 aromatic carbocycles. The smallest absolute Gasteiger partial charge is 0.207 e. The van der Waals surface area contributed by atoms with Gasteiger partial charge in [0.05, 0.1) is 10.3 Å². The summed E-state index contributed by atoms with van der Waals surface area (Å²) in [4.78, 5) is 0.366. The molecule has 1 atom stereocenters. The Hall–Kier alpha value is -1.82. The normalized spacial score (nSPS) is 18.7. The van der Waals surface area contributed by atoms with Gasteiger partial charge in [0, 0.05) is 12.3 Å². The maximum Gasteiger partial charge on any atom is 0.244 e. The van der Waals surface area contributed by atoms with Crippen LogP contribution in [0.5, 0.6) is 0 Å². The summed E-state index contributed by atoms with van der Waals surface area (Å²) >= 11 is 1.68. The summed E-state index contributed by atoms with van der Waals surface area (Å²) in [6.45, 7) is 2.58. The number of aryl methyl sites for hydroxylation is 1.